The van der Waals surface area contributed by atoms with Crippen LogP contribution in [0, 0.1) is 3.57 Å². The van der Waals surface area contributed by atoms with Crippen molar-refractivity contribution in [3.63, 3.8) is 0 Å². The SMILES string of the molecule is O=C(O)C1CCCCN1C(=O)Nc1ccc(I)cc1Cl. The quantitative estimate of drug-likeness (QED) is 0.737. The molecule has 1 aromatic rings. The Hall–Kier alpha value is -1.02. The number of urea groups is 1. The average molecular weight is 409 g/mol. The number of carboxylic acids is 1. The van der Waals surface area contributed by atoms with Gasteiger partial charge in [-0.15, -0.1) is 0 Å². The zero-order valence-electron chi connectivity index (χ0n) is 10.6. The zero-order chi connectivity index (χ0) is 14.7. The number of hydrogen-bond donors (Lipinski definition) is 2. The van der Waals surface area contributed by atoms with Gasteiger partial charge >= 0.3 is 12.0 Å². The first kappa shape index (κ1) is 15.4. The van der Waals surface area contributed by atoms with Crippen LogP contribution in [0.3, 0.4) is 0 Å². The maximum absolute atomic E-state index is 12.2. The van der Waals surface area contributed by atoms with Gasteiger partial charge in [0.15, 0.2) is 0 Å². The molecule has 1 heterocycles. The number of aliphatic carboxylic acids is 1. The lowest BCUT2D eigenvalue weighted by molar-refractivity contribution is -0.143. The Morgan fingerprint density at radius 3 is 2.80 bits per heavy atom. The van der Waals surface area contributed by atoms with Gasteiger partial charge in [0.1, 0.15) is 6.04 Å². The molecule has 108 valence electrons. The summed E-state index contributed by atoms with van der Waals surface area (Å²) in [5.41, 5.74) is 0.492. The van der Waals surface area contributed by atoms with Gasteiger partial charge in [0.25, 0.3) is 0 Å². The van der Waals surface area contributed by atoms with Gasteiger partial charge in [-0.3, -0.25) is 0 Å². The van der Waals surface area contributed by atoms with E-state index in [0.717, 1.165) is 16.4 Å². The lowest BCUT2D eigenvalue weighted by Crippen LogP contribution is -2.49. The number of rotatable bonds is 2. The van der Waals surface area contributed by atoms with Crippen molar-refractivity contribution in [2.75, 3.05) is 11.9 Å². The van der Waals surface area contributed by atoms with Crippen molar-refractivity contribution < 1.29 is 14.7 Å². The molecule has 1 aromatic carbocycles. The zero-order valence-corrected chi connectivity index (χ0v) is 13.5. The van der Waals surface area contributed by atoms with E-state index >= 15 is 0 Å². The molecule has 0 aliphatic carbocycles. The number of carbonyl (C=O) groups is 2. The summed E-state index contributed by atoms with van der Waals surface area (Å²) in [5, 5.41) is 12.3. The van der Waals surface area contributed by atoms with Gasteiger partial charge in [0, 0.05) is 10.1 Å². The van der Waals surface area contributed by atoms with E-state index in [2.05, 4.69) is 27.9 Å². The van der Waals surface area contributed by atoms with Crippen LogP contribution in [-0.2, 0) is 4.79 Å². The molecule has 1 atom stereocenters. The number of likely N-dealkylation sites (tertiary alicyclic amines) is 1. The van der Waals surface area contributed by atoms with Gasteiger partial charge in [-0.05, 0) is 60.1 Å². The van der Waals surface area contributed by atoms with Gasteiger partial charge in [0.2, 0.25) is 0 Å². The largest absolute Gasteiger partial charge is 0.480 e. The molecule has 2 amide bonds. The number of benzene rings is 1. The molecule has 0 spiro atoms. The molecule has 0 aromatic heterocycles. The number of anilines is 1. The van der Waals surface area contributed by atoms with Gasteiger partial charge in [0.05, 0.1) is 10.7 Å². The third-order valence-electron chi connectivity index (χ3n) is 3.22. The predicted molar refractivity (Wildman–Crippen MR) is 85.2 cm³/mol. The van der Waals surface area contributed by atoms with E-state index < -0.39 is 18.0 Å². The highest BCUT2D eigenvalue weighted by molar-refractivity contribution is 14.1. The van der Waals surface area contributed by atoms with Crippen molar-refractivity contribution >= 4 is 51.9 Å². The van der Waals surface area contributed by atoms with Gasteiger partial charge in [-0.25, -0.2) is 9.59 Å². The van der Waals surface area contributed by atoms with E-state index in [-0.39, 0.29) is 0 Å². The fourth-order valence-electron chi connectivity index (χ4n) is 2.21. The second-order valence-corrected chi connectivity index (χ2v) is 6.25. The number of halogens is 2. The van der Waals surface area contributed by atoms with Crippen LogP contribution < -0.4 is 5.32 Å². The van der Waals surface area contributed by atoms with Crippen LogP contribution in [0.1, 0.15) is 19.3 Å². The summed E-state index contributed by atoms with van der Waals surface area (Å²) in [6.07, 6.45) is 2.13. The Bertz CT molecular complexity index is 538. The average Bonchev–Trinajstić information content (AvgIpc) is 2.41. The fourth-order valence-corrected chi connectivity index (χ4v) is 3.11. The van der Waals surface area contributed by atoms with Crippen molar-refractivity contribution in [1.82, 2.24) is 4.90 Å². The summed E-state index contributed by atoms with van der Waals surface area (Å²) in [5.74, 6) is -0.964. The Morgan fingerprint density at radius 2 is 2.15 bits per heavy atom. The standard InChI is InChI=1S/C13H14ClIN2O3/c14-9-7-8(15)4-5-10(9)16-13(20)17-6-2-1-3-11(17)12(18)19/h4-5,7,11H,1-3,6H2,(H,16,20)(H,18,19). The second-order valence-electron chi connectivity index (χ2n) is 4.60. The molecule has 0 bridgehead atoms. The minimum absolute atomic E-state index is 0.416. The van der Waals surface area contributed by atoms with Gasteiger partial charge in [-0.1, -0.05) is 11.6 Å². The molecule has 5 nitrogen and oxygen atoms in total. The number of piperidine rings is 1. The Kier molecular flexibility index (Phi) is 5.09. The summed E-state index contributed by atoms with van der Waals surface area (Å²) in [7, 11) is 0. The molecule has 2 N–H and O–H groups in total. The van der Waals surface area contributed by atoms with Crippen molar-refractivity contribution in [2.24, 2.45) is 0 Å². The Morgan fingerprint density at radius 1 is 1.40 bits per heavy atom. The molecule has 0 radical (unpaired) electrons. The Balaban J connectivity index is 2.12. The van der Waals surface area contributed by atoms with Crippen molar-refractivity contribution in [2.45, 2.75) is 25.3 Å². The number of carbonyl (C=O) groups excluding carboxylic acids is 1. The molecular formula is C13H14ClIN2O3. The fraction of sp³-hybridized carbons (Fsp3) is 0.385. The molecule has 20 heavy (non-hydrogen) atoms. The molecular weight excluding hydrogens is 395 g/mol. The maximum Gasteiger partial charge on any atom is 0.326 e. The number of amides is 2. The van der Waals surface area contributed by atoms with E-state index in [1.54, 1.807) is 12.1 Å². The molecule has 1 saturated heterocycles. The minimum atomic E-state index is -0.964. The molecule has 2 rings (SSSR count). The van der Waals surface area contributed by atoms with Crippen molar-refractivity contribution in [3.8, 4) is 0 Å². The van der Waals surface area contributed by atoms with Crippen LogP contribution in [0.25, 0.3) is 0 Å². The second kappa shape index (κ2) is 6.62. The highest BCUT2D eigenvalue weighted by Crippen LogP contribution is 2.25. The first-order chi connectivity index (χ1) is 9.49. The van der Waals surface area contributed by atoms with Gasteiger partial charge in [-0.2, -0.15) is 0 Å². The third kappa shape index (κ3) is 3.54. The topological polar surface area (TPSA) is 69.6 Å². The van der Waals surface area contributed by atoms with E-state index in [0.29, 0.717) is 23.7 Å². The van der Waals surface area contributed by atoms with E-state index in [9.17, 15) is 9.59 Å². The van der Waals surface area contributed by atoms with Crippen LogP contribution in [0.15, 0.2) is 18.2 Å². The summed E-state index contributed by atoms with van der Waals surface area (Å²) < 4.78 is 0.965. The number of nitrogens with one attached hydrogen (secondary N) is 1. The summed E-state index contributed by atoms with van der Waals surface area (Å²) >= 11 is 8.18. The third-order valence-corrected chi connectivity index (χ3v) is 4.21. The first-order valence-electron chi connectivity index (χ1n) is 6.24. The van der Waals surface area contributed by atoms with E-state index in [1.165, 1.54) is 4.90 Å². The molecule has 1 unspecified atom stereocenters. The van der Waals surface area contributed by atoms with Crippen molar-refractivity contribution in [1.29, 1.82) is 0 Å². The smallest absolute Gasteiger partial charge is 0.326 e. The number of carboxylic acid groups (broad SMARTS) is 1. The lowest BCUT2D eigenvalue weighted by Gasteiger charge is -2.32. The molecule has 0 saturated carbocycles. The van der Waals surface area contributed by atoms with Crippen LogP contribution in [0.4, 0.5) is 10.5 Å². The van der Waals surface area contributed by atoms with Crippen molar-refractivity contribution in [3.05, 3.63) is 26.8 Å². The molecule has 7 heteroatoms. The van der Waals surface area contributed by atoms with E-state index in [4.69, 9.17) is 16.7 Å². The molecule has 1 fully saturated rings. The molecule has 1 aliphatic heterocycles. The van der Waals surface area contributed by atoms with Crippen LogP contribution in [-0.4, -0.2) is 34.6 Å². The first-order valence-corrected chi connectivity index (χ1v) is 7.70. The Labute approximate surface area is 135 Å². The molecule has 1 aliphatic rings. The lowest BCUT2D eigenvalue weighted by atomic mass is 10.0. The maximum atomic E-state index is 12.2. The highest BCUT2D eigenvalue weighted by Gasteiger charge is 2.32. The highest BCUT2D eigenvalue weighted by atomic mass is 127. The van der Waals surface area contributed by atoms with Gasteiger partial charge < -0.3 is 15.3 Å². The normalized spacial score (nSPS) is 18.7. The van der Waals surface area contributed by atoms with E-state index in [1.807, 2.05) is 6.07 Å². The van der Waals surface area contributed by atoms with Crippen LogP contribution >= 0.6 is 34.2 Å². The number of hydrogen-bond acceptors (Lipinski definition) is 2. The summed E-state index contributed by atoms with van der Waals surface area (Å²) in [6.45, 7) is 0.449. The van der Waals surface area contributed by atoms with Crippen LogP contribution in [0.2, 0.25) is 5.02 Å². The van der Waals surface area contributed by atoms with Crippen LogP contribution in [0.5, 0.6) is 0 Å². The number of nitrogens with zero attached hydrogens (tertiary/aromatic N) is 1. The monoisotopic (exact) mass is 408 g/mol. The summed E-state index contributed by atoms with van der Waals surface area (Å²) in [6, 6.07) is 4.10. The minimum Gasteiger partial charge on any atom is -0.480 e. The predicted octanol–water partition coefficient (Wildman–Crippen LogP) is 3.42. The summed E-state index contributed by atoms with van der Waals surface area (Å²) in [4.78, 5) is 24.8.